The van der Waals surface area contributed by atoms with E-state index in [-0.39, 0.29) is 5.57 Å². The summed E-state index contributed by atoms with van der Waals surface area (Å²) in [6.45, 7) is 0. The van der Waals surface area contributed by atoms with Crippen molar-refractivity contribution in [3.63, 3.8) is 0 Å². The Labute approximate surface area is 121 Å². The molecule has 2 rings (SSSR count). The maximum atomic E-state index is 8.62. The SMILES string of the molecule is Cn1ccnc1Sc1ccc(NC=C(C#N)C#N)cc1. The van der Waals surface area contributed by atoms with Gasteiger partial charge in [-0.2, -0.15) is 10.5 Å². The first kappa shape index (κ1) is 13.7. The Morgan fingerprint density at radius 3 is 2.55 bits per heavy atom. The Bertz CT molecular complexity index is 684. The van der Waals surface area contributed by atoms with Gasteiger partial charge in [-0.25, -0.2) is 4.98 Å². The van der Waals surface area contributed by atoms with Gasteiger partial charge in [0.05, 0.1) is 0 Å². The number of nitrogens with zero attached hydrogens (tertiary/aromatic N) is 4. The highest BCUT2D eigenvalue weighted by atomic mass is 32.2. The van der Waals surface area contributed by atoms with Crippen LogP contribution < -0.4 is 5.32 Å². The lowest BCUT2D eigenvalue weighted by molar-refractivity contribution is 0.790. The quantitative estimate of drug-likeness (QED) is 0.872. The van der Waals surface area contributed by atoms with Crippen molar-refractivity contribution >= 4 is 17.4 Å². The van der Waals surface area contributed by atoms with Gasteiger partial charge in [-0.3, -0.25) is 0 Å². The molecule has 98 valence electrons. The third-order valence-electron chi connectivity index (χ3n) is 2.46. The fraction of sp³-hybridized carbons (Fsp3) is 0.0714. The first-order valence-electron chi connectivity index (χ1n) is 5.75. The molecule has 0 bridgehead atoms. The number of hydrogen-bond acceptors (Lipinski definition) is 5. The summed E-state index contributed by atoms with van der Waals surface area (Å²) in [5.41, 5.74) is 0.855. The number of aryl methyl sites for hydroxylation is 1. The van der Waals surface area contributed by atoms with Crippen molar-refractivity contribution in [2.75, 3.05) is 5.32 Å². The highest BCUT2D eigenvalue weighted by Crippen LogP contribution is 2.26. The molecule has 1 aromatic carbocycles. The van der Waals surface area contributed by atoms with Crippen molar-refractivity contribution in [2.45, 2.75) is 10.1 Å². The Hall–Kier alpha value is -2.70. The Balaban J connectivity index is 2.04. The molecule has 0 amide bonds. The van der Waals surface area contributed by atoms with Gasteiger partial charge in [-0.05, 0) is 24.3 Å². The van der Waals surface area contributed by atoms with E-state index in [1.165, 1.54) is 6.20 Å². The first-order valence-corrected chi connectivity index (χ1v) is 6.56. The zero-order valence-electron chi connectivity index (χ0n) is 10.7. The molecule has 2 aromatic rings. The minimum atomic E-state index is 0.0384. The van der Waals surface area contributed by atoms with Gasteiger partial charge in [0.15, 0.2) is 5.16 Å². The van der Waals surface area contributed by atoms with Gasteiger partial charge in [-0.1, -0.05) is 11.8 Å². The van der Waals surface area contributed by atoms with Crippen LogP contribution in [0.3, 0.4) is 0 Å². The number of hydrogen-bond donors (Lipinski definition) is 1. The number of benzene rings is 1. The topological polar surface area (TPSA) is 77.4 Å². The molecule has 0 saturated carbocycles. The smallest absolute Gasteiger partial charge is 0.172 e. The monoisotopic (exact) mass is 281 g/mol. The normalized spacial score (nSPS) is 9.35. The molecule has 0 saturated heterocycles. The lowest BCUT2D eigenvalue weighted by Crippen LogP contribution is -1.90. The molecule has 6 heteroatoms. The van der Waals surface area contributed by atoms with Gasteiger partial charge >= 0.3 is 0 Å². The Morgan fingerprint density at radius 1 is 1.30 bits per heavy atom. The number of rotatable bonds is 4. The lowest BCUT2D eigenvalue weighted by Gasteiger charge is -2.04. The molecule has 0 aliphatic carbocycles. The average Bonchev–Trinajstić information content (AvgIpc) is 2.87. The Kier molecular flexibility index (Phi) is 4.43. The molecule has 0 aliphatic rings. The number of allylic oxidation sites excluding steroid dienone is 1. The predicted molar refractivity (Wildman–Crippen MR) is 76.7 cm³/mol. The number of nitrogens with one attached hydrogen (secondary N) is 1. The minimum absolute atomic E-state index is 0.0384. The van der Waals surface area contributed by atoms with E-state index in [9.17, 15) is 0 Å². The molecule has 1 aromatic heterocycles. The zero-order valence-corrected chi connectivity index (χ0v) is 11.6. The van der Waals surface area contributed by atoms with Gasteiger partial charge in [-0.15, -0.1) is 0 Å². The third-order valence-corrected chi connectivity index (χ3v) is 3.55. The third kappa shape index (κ3) is 3.41. The standard InChI is InChI=1S/C14H11N5S/c1-19-7-6-17-14(19)20-13-4-2-12(3-5-13)18-10-11(8-15)9-16/h2-7,10,18H,1H3. The second-order valence-corrected chi connectivity index (χ2v) is 4.91. The number of anilines is 1. The molecular formula is C14H11N5S. The summed E-state index contributed by atoms with van der Waals surface area (Å²) >= 11 is 1.57. The molecular weight excluding hydrogens is 270 g/mol. The Morgan fingerprint density at radius 2 is 2.00 bits per heavy atom. The maximum absolute atomic E-state index is 8.62. The second kappa shape index (κ2) is 6.46. The summed E-state index contributed by atoms with van der Waals surface area (Å²) in [5, 5.41) is 21.1. The van der Waals surface area contributed by atoms with Crippen molar-refractivity contribution in [3.05, 3.63) is 48.4 Å². The molecule has 0 atom stereocenters. The maximum Gasteiger partial charge on any atom is 0.172 e. The lowest BCUT2D eigenvalue weighted by atomic mass is 10.3. The van der Waals surface area contributed by atoms with Gasteiger partial charge in [0.1, 0.15) is 17.7 Å². The summed E-state index contributed by atoms with van der Waals surface area (Å²) in [4.78, 5) is 5.31. The van der Waals surface area contributed by atoms with Crippen LogP contribution in [0.1, 0.15) is 0 Å². The summed E-state index contributed by atoms with van der Waals surface area (Å²) in [7, 11) is 1.95. The minimum Gasteiger partial charge on any atom is -0.360 e. The zero-order chi connectivity index (χ0) is 14.4. The average molecular weight is 281 g/mol. The van der Waals surface area contributed by atoms with E-state index in [1.54, 1.807) is 30.1 Å². The summed E-state index contributed by atoms with van der Waals surface area (Å²) in [6, 6.07) is 11.3. The fourth-order valence-corrected chi connectivity index (χ4v) is 2.22. The highest BCUT2D eigenvalue weighted by Gasteiger charge is 2.02. The van der Waals surface area contributed by atoms with Crippen molar-refractivity contribution < 1.29 is 0 Å². The number of aromatic nitrogens is 2. The highest BCUT2D eigenvalue weighted by molar-refractivity contribution is 7.99. The van der Waals surface area contributed by atoms with Crippen molar-refractivity contribution in [3.8, 4) is 12.1 Å². The van der Waals surface area contributed by atoms with Gasteiger partial charge < -0.3 is 9.88 Å². The first-order chi connectivity index (χ1) is 9.72. The van der Waals surface area contributed by atoms with E-state index in [0.29, 0.717) is 0 Å². The second-order valence-electron chi connectivity index (χ2n) is 3.87. The van der Waals surface area contributed by atoms with E-state index < -0.39 is 0 Å². The van der Waals surface area contributed by atoms with E-state index >= 15 is 0 Å². The summed E-state index contributed by atoms with van der Waals surface area (Å²) < 4.78 is 1.95. The van der Waals surface area contributed by atoms with Crippen LogP contribution in [-0.4, -0.2) is 9.55 Å². The van der Waals surface area contributed by atoms with Crippen LogP contribution in [0.25, 0.3) is 0 Å². The molecule has 0 fully saturated rings. The number of imidazole rings is 1. The van der Waals surface area contributed by atoms with Crippen molar-refractivity contribution in [1.29, 1.82) is 10.5 Å². The summed E-state index contributed by atoms with van der Waals surface area (Å²) in [6.07, 6.45) is 5.05. The van der Waals surface area contributed by atoms with E-state index in [0.717, 1.165) is 15.7 Å². The predicted octanol–water partition coefficient (Wildman–Crippen LogP) is 2.91. The van der Waals surface area contributed by atoms with E-state index in [1.807, 2.05) is 42.1 Å². The number of nitriles is 2. The molecule has 0 unspecified atom stereocenters. The van der Waals surface area contributed by atoms with Crippen LogP contribution >= 0.6 is 11.8 Å². The van der Waals surface area contributed by atoms with Crippen LogP contribution in [0.2, 0.25) is 0 Å². The molecule has 0 radical (unpaired) electrons. The molecule has 0 aliphatic heterocycles. The molecule has 5 nitrogen and oxygen atoms in total. The van der Waals surface area contributed by atoms with Crippen LogP contribution in [0.15, 0.2) is 58.5 Å². The van der Waals surface area contributed by atoms with E-state index in [2.05, 4.69) is 10.3 Å². The van der Waals surface area contributed by atoms with E-state index in [4.69, 9.17) is 10.5 Å². The van der Waals surface area contributed by atoms with Gasteiger partial charge in [0.2, 0.25) is 0 Å². The molecule has 1 heterocycles. The van der Waals surface area contributed by atoms with Crippen molar-refractivity contribution in [2.24, 2.45) is 7.05 Å². The van der Waals surface area contributed by atoms with Crippen molar-refractivity contribution in [1.82, 2.24) is 9.55 Å². The molecule has 1 N–H and O–H groups in total. The fourth-order valence-electron chi connectivity index (χ4n) is 1.42. The van der Waals surface area contributed by atoms with Gasteiger partial charge in [0, 0.05) is 36.2 Å². The molecule has 20 heavy (non-hydrogen) atoms. The van der Waals surface area contributed by atoms with Crippen LogP contribution in [-0.2, 0) is 7.05 Å². The summed E-state index contributed by atoms with van der Waals surface area (Å²) in [5.74, 6) is 0. The largest absolute Gasteiger partial charge is 0.360 e. The van der Waals surface area contributed by atoms with Crippen LogP contribution in [0.5, 0.6) is 0 Å². The van der Waals surface area contributed by atoms with Gasteiger partial charge in [0.25, 0.3) is 0 Å². The van der Waals surface area contributed by atoms with Crippen LogP contribution in [0.4, 0.5) is 5.69 Å². The molecule has 0 spiro atoms. The van der Waals surface area contributed by atoms with Crippen LogP contribution in [0, 0.1) is 22.7 Å².